The molecule has 4 nitrogen and oxygen atoms in total. The van der Waals surface area contributed by atoms with Gasteiger partial charge in [0.05, 0.1) is 10.1 Å². The van der Waals surface area contributed by atoms with Crippen molar-refractivity contribution < 1.29 is 17.8 Å². The third-order valence-corrected chi connectivity index (χ3v) is 7.86. The predicted molar refractivity (Wildman–Crippen MR) is 97.9 cm³/mol. The predicted octanol–water partition coefficient (Wildman–Crippen LogP) is 2.83. The molecule has 0 aromatic heterocycles. The van der Waals surface area contributed by atoms with Crippen LogP contribution < -0.4 is 0 Å². The summed E-state index contributed by atoms with van der Waals surface area (Å²) in [4.78, 5) is 10.7. The summed E-state index contributed by atoms with van der Waals surface area (Å²) >= 11 is 2.02. The molecule has 0 unspecified atom stereocenters. The first-order chi connectivity index (χ1) is 10.3. The molecule has 1 rings (SSSR count). The van der Waals surface area contributed by atoms with Gasteiger partial charge in [-0.2, -0.15) is 11.8 Å². The van der Waals surface area contributed by atoms with Crippen LogP contribution in [-0.2, 0) is 25.8 Å². The van der Waals surface area contributed by atoms with E-state index in [0.717, 1.165) is 25.0 Å². The highest BCUT2D eigenvalue weighted by Gasteiger charge is 2.23. The first kappa shape index (κ1) is 22.3. The Labute approximate surface area is 143 Å². The van der Waals surface area contributed by atoms with Crippen molar-refractivity contribution in [1.82, 2.24) is 0 Å². The number of unbranched alkanes of at least 4 members (excludes halogenated alkanes) is 5. The first-order valence-electron chi connectivity index (χ1n) is 8.00. The Morgan fingerprint density at radius 1 is 1.09 bits per heavy atom. The smallest absolute Gasteiger partial charge is 0.178 e. The van der Waals surface area contributed by atoms with Crippen molar-refractivity contribution in [2.45, 2.75) is 52.4 Å². The van der Waals surface area contributed by atoms with Crippen molar-refractivity contribution >= 4 is 38.6 Å². The monoisotopic (exact) mass is 370 g/mol. The summed E-state index contributed by atoms with van der Waals surface area (Å²) in [5.74, 6) is 6.14. The summed E-state index contributed by atoms with van der Waals surface area (Å²) in [6.45, 7) is 3.83. The van der Waals surface area contributed by atoms with Gasteiger partial charge in [0.2, 0.25) is 0 Å². The maximum Gasteiger partial charge on any atom is 0.178 e. The van der Waals surface area contributed by atoms with Crippen LogP contribution in [0.2, 0.25) is 0 Å². The van der Waals surface area contributed by atoms with Gasteiger partial charge in [-0.15, -0.1) is 0 Å². The van der Waals surface area contributed by atoms with E-state index in [-0.39, 0.29) is 5.75 Å². The quantitative estimate of drug-likeness (QED) is 0.354. The van der Waals surface area contributed by atoms with Gasteiger partial charge in [-0.3, -0.25) is 4.79 Å². The number of ketones is 1. The van der Waals surface area contributed by atoms with E-state index >= 15 is 0 Å². The second-order valence-corrected chi connectivity index (χ2v) is 10.6. The summed E-state index contributed by atoms with van der Waals surface area (Å²) in [5, 5.41) is 0. The lowest BCUT2D eigenvalue weighted by molar-refractivity contribution is -0.114. The molecule has 0 aromatic carbocycles. The van der Waals surface area contributed by atoms with Crippen molar-refractivity contribution in [3.63, 3.8) is 0 Å². The highest BCUT2D eigenvalue weighted by molar-refractivity contribution is 8.05. The lowest BCUT2D eigenvalue weighted by atomic mass is 10.1. The van der Waals surface area contributed by atoms with Gasteiger partial charge in [-0.25, -0.2) is 8.42 Å². The third-order valence-electron chi connectivity index (χ3n) is 3.19. The van der Waals surface area contributed by atoms with Gasteiger partial charge in [0.25, 0.3) is 0 Å². The van der Waals surface area contributed by atoms with Gasteiger partial charge in [0.15, 0.2) is 11.5 Å². The molecule has 0 amide bonds. The minimum atomic E-state index is -3.97. The number of thioether (sulfide) groups is 1. The van der Waals surface area contributed by atoms with Gasteiger partial charge in [0.1, 0.15) is 11.5 Å². The van der Waals surface area contributed by atoms with Crippen molar-refractivity contribution in [3.8, 4) is 0 Å². The number of hydrogen-bond donors (Lipinski definition) is 0. The summed E-state index contributed by atoms with van der Waals surface area (Å²) in [6, 6.07) is 0. The van der Waals surface area contributed by atoms with E-state index < -0.39 is 10.1 Å². The van der Waals surface area contributed by atoms with Crippen molar-refractivity contribution in [2.75, 3.05) is 34.5 Å². The van der Waals surface area contributed by atoms with Crippen LogP contribution in [0.1, 0.15) is 52.4 Å². The molecule has 0 aliphatic carbocycles. The van der Waals surface area contributed by atoms with E-state index in [0.29, 0.717) is 23.1 Å². The Morgan fingerprint density at radius 3 is 2.14 bits per heavy atom. The van der Waals surface area contributed by atoms with E-state index in [1.165, 1.54) is 35.9 Å². The number of Topliss-reactive ketones (excluding diaryl/α,β-unsaturated/α-hetero) is 1. The average Bonchev–Trinajstić information content (AvgIpc) is 2.43. The molecule has 1 aliphatic rings. The minimum absolute atomic E-state index is 0.195. The highest BCUT2D eigenvalue weighted by Crippen LogP contribution is 2.13. The molecular weight excluding hydrogens is 340 g/mol. The Hall–Kier alpha value is 0.280. The second kappa shape index (κ2) is 13.7. The van der Waals surface area contributed by atoms with E-state index in [4.69, 9.17) is 0 Å². The molecule has 0 aromatic rings. The molecule has 1 aliphatic heterocycles. The SMILES string of the molecule is CC(=O)C[S+]1CCSCC1.CCCCCCCCS(=O)(=O)[O-]. The fourth-order valence-corrected chi connectivity index (χ4v) is 6.71. The van der Waals surface area contributed by atoms with Gasteiger partial charge in [-0.05, 0) is 24.2 Å². The maximum atomic E-state index is 10.7. The maximum absolute atomic E-state index is 10.7. The van der Waals surface area contributed by atoms with Crippen LogP contribution >= 0.6 is 11.8 Å². The molecule has 1 heterocycles. The lowest BCUT2D eigenvalue weighted by Gasteiger charge is -2.11. The zero-order chi connectivity index (χ0) is 16.8. The van der Waals surface area contributed by atoms with E-state index in [9.17, 15) is 17.8 Å². The molecule has 0 N–H and O–H groups in total. The molecular formula is C15H30O4S3. The normalized spacial score (nSPS) is 16.0. The second-order valence-electron chi connectivity index (χ2n) is 5.51. The summed E-state index contributed by atoms with van der Waals surface area (Å²) in [5.41, 5.74) is 0. The van der Waals surface area contributed by atoms with Gasteiger partial charge in [0, 0.05) is 17.3 Å². The van der Waals surface area contributed by atoms with Crippen molar-refractivity contribution in [1.29, 1.82) is 0 Å². The topological polar surface area (TPSA) is 74.3 Å². The lowest BCUT2D eigenvalue weighted by Crippen LogP contribution is -2.26. The van der Waals surface area contributed by atoms with Crippen molar-refractivity contribution in [2.24, 2.45) is 0 Å². The van der Waals surface area contributed by atoms with Crippen LogP contribution in [0.25, 0.3) is 0 Å². The fourth-order valence-electron chi connectivity index (χ4n) is 2.05. The van der Waals surface area contributed by atoms with Crippen LogP contribution in [0.15, 0.2) is 0 Å². The Morgan fingerprint density at radius 2 is 1.64 bits per heavy atom. The molecule has 0 atom stereocenters. The minimum Gasteiger partial charge on any atom is -0.748 e. The number of rotatable bonds is 9. The summed E-state index contributed by atoms with van der Waals surface area (Å²) in [7, 11) is -3.51. The third kappa shape index (κ3) is 16.6. The van der Waals surface area contributed by atoms with Crippen LogP contribution in [0.3, 0.4) is 0 Å². The van der Waals surface area contributed by atoms with E-state index in [2.05, 4.69) is 6.92 Å². The molecule has 22 heavy (non-hydrogen) atoms. The van der Waals surface area contributed by atoms with Gasteiger partial charge in [-0.1, -0.05) is 39.0 Å². The van der Waals surface area contributed by atoms with Crippen molar-refractivity contribution in [3.05, 3.63) is 0 Å². The van der Waals surface area contributed by atoms with E-state index in [1.54, 1.807) is 6.92 Å². The Bertz CT molecular complexity index is 376. The fraction of sp³-hybridized carbons (Fsp3) is 0.933. The molecule has 132 valence electrons. The average molecular weight is 371 g/mol. The Balaban J connectivity index is 0.000000406. The zero-order valence-electron chi connectivity index (χ0n) is 13.8. The molecule has 1 fully saturated rings. The summed E-state index contributed by atoms with van der Waals surface area (Å²) in [6.07, 6.45) is 5.96. The van der Waals surface area contributed by atoms with Gasteiger partial charge < -0.3 is 4.55 Å². The number of carbonyl (C=O) groups is 1. The Kier molecular flexibility index (Phi) is 13.9. The van der Waals surface area contributed by atoms with Gasteiger partial charge >= 0.3 is 0 Å². The van der Waals surface area contributed by atoms with Crippen LogP contribution in [0.5, 0.6) is 0 Å². The van der Waals surface area contributed by atoms with Crippen LogP contribution in [0.4, 0.5) is 0 Å². The summed E-state index contributed by atoms with van der Waals surface area (Å²) < 4.78 is 30.5. The number of hydrogen-bond acceptors (Lipinski definition) is 5. The van der Waals surface area contributed by atoms with Crippen LogP contribution in [0, 0.1) is 0 Å². The largest absolute Gasteiger partial charge is 0.748 e. The molecule has 0 saturated carbocycles. The molecule has 0 radical (unpaired) electrons. The molecule has 0 bridgehead atoms. The molecule has 7 heteroatoms. The zero-order valence-corrected chi connectivity index (χ0v) is 16.3. The molecule has 1 saturated heterocycles. The molecule has 0 spiro atoms. The first-order valence-corrected chi connectivity index (χ1v) is 12.5. The standard InChI is InChI=1S/C8H18O3S.C7H13OS2/c1-2-3-4-5-6-7-8-12(9,10)11;1-7(8)6-10-4-2-9-3-5-10/h2-8H2,1H3,(H,9,10,11);2-6H2,1H3/q;+1/p-1. The highest BCUT2D eigenvalue weighted by atomic mass is 32.2. The van der Waals surface area contributed by atoms with Crippen LogP contribution in [-0.4, -0.2) is 53.3 Å². The number of carbonyl (C=O) groups excluding carboxylic acids is 1. The van der Waals surface area contributed by atoms with E-state index in [1.807, 2.05) is 11.8 Å².